The zero-order chi connectivity index (χ0) is 13.9. The van der Waals surface area contributed by atoms with E-state index in [0.717, 1.165) is 15.8 Å². The van der Waals surface area contributed by atoms with Gasteiger partial charge in [-0.2, -0.15) is 4.68 Å². The molecule has 0 radical (unpaired) electrons. The van der Waals surface area contributed by atoms with E-state index in [1.165, 1.54) is 4.68 Å². The van der Waals surface area contributed by atoms with Gasteiger partial charge in [-0.15, -0.1) is 5.10 Å². The Balaban J connectivity index is 2.02. The Labute approximate surface area is 122 Å². The molecule has 0 N–H and O–H groups in total. The van der Waals surface area contributed by atoms with Crippen molar-refractivity contribution in [2.75, 3.05) is 7.11 Å². The van der Waals surface area contributed by atoms with Crippen molar-refractivity contribution in [2.45, 2.75) is 0 Å². The van der Waals surface area contributed by atoms with E-state index < -0.39 is 0 Å². The summed E-state index contributed by atoms with van der Waals surface area (Å²) in [4.78, 5) is 8.36. The second kappa shape index (κ2) is 5.33. The molecule has 100 valence electrons. The van der Waals surface area contributed by atoms with Crippen LogP contribution in [0.2, 0.25) is 0 Å². The summed E-state index contributed by atoms with van der Waals surface area (Å²) in [5, 5.41) is 11.6. The topological polar surface area (TPSA) is 78.6 Å². The van der Waals surface area contributed by atoms with E-state index in [2.05, 4.69) is 41.4 Å². The zero-order valence-corrected chi connectivity index (χ0v) is 12.0. The van der Waals surface area contributed by atoms with Crippen LogP contribution in [-0.4, -0.2) is 37.3 Å². The molecule has 0 spiro atoms. The monoisotopic (exact) mass is 332 g/mol. The second-order valence-corrected chi connectivity index (χ2v) is 4.76. The fraction of sp³-hybridized carbons (Fsp3) is 0.0833. The summed E-state index contributed by atoms with van der Waals surface area (Å²) in [6.07, 6.45) is 3.28. The van der Waals surface area contributed by atoms with Crippen molar-refractivity contribution in [3.63, 3.8) is 0 Å². The molecule has 2 aromatic heterocycles. The summed E-state index contributed by atoms with van der Waals surface area (Å²) in [7, 11) is 1.62. The number of tetrazole rings is 1. The lowest BCUT2D eigenvalue weighted by atomic mass is 10.2. The van der Waals surface area contributed by atoms with Gasteiger partial charge >= 0.3 is 0 Å². The van der Waals surface area contributed by atoms with Crippen LogP contribution < -0.4 is 4.74 Å². The van der Waals surface area contributed by atoms with E-state index >= 15 is 0 Å². The molecular formula is C12H9BrN6O. The average Bonchev–Trinajstić information content (AvgIpc) is 2.97. The lowest BCUT2D eigenvalue weighted by Gasteiger charge is -2.04. The number of nitrogens with zero attached hydrogens (tertiary/aromatic N) is 6. The first-order valence-corrected chi connectivity index (χ1v) is 6.48. The van der Waals surface area contributed by atoms with Crippen LogP contribution in [0, 0.1) is 0 Å². The van der Waals surface area contributed by atoms with Gasteiger partial charge in [0, 0.05) is 18.0 Å². The summed E-state index contributed by atoms with van der Waals surface area (Å²) in [6.45, 7) is 0. The molecule has 2 heterocycles. The first kappa shape index (κ1) is 12.7. The van der Waals surface area contributed by atoms with Gasteiger partial charge < -0.3 is 4.74 Å². The third-order valence-corrected chi connectivity index (χ3v) is 3.02. The van der Waals surface area contributed by atoms with Crippen LogP contribution in [0.1, 0.15) is 0 Å². The van der Waals surface area contributed by atoms with E-state index in [-0.39, 0.29) is 0 Å². The maximum Gasteiger partial charge on any atom is 0.254 e. The standard InChI is InChI=1S/C12H9BrN6O/c1-20-10-4-2-8(3-5-10)11-16-17-18-19(11)12-14-6-9(13)7-15-12/h2-7H,1H3. The van der Waals surface area contributed by atoms with Crippen molar-refractivity contribution in [3.8, 4) is 23.1 Å². The van der Waals surface area contributed by atoms with E-state index in [9.17, 15) is 0 Å². The van der Waals surface area contributed by atoms with Crippen molar-refractivity contribution < 1.29 is 4.74 Å². The molecule has 0 amide bonds. The fourth-order valence-corrected chi connectivity index (χ4v) is 1.86. The minimum Gasteiger partial charge on any atom is -0.497 e. The maximum absolute atomic E-state index is 5.13. The quantitative estimate of drug-likeness (QED) is 0.728. The second-order valence-electron chi connectivity index (χ2n) is 3.84. The summed E-state index contributed by atoms with van der Waals surface area (Å²) in [5.41, 5.74) is 0.849. The normalized spacial score (nSPS) is 10.5. The van der Waals surface area contributed by atoms with E-state index in [1.54, 1.807) is 19.5 Å². The van der Waals surface area contributed by atoms with E-state index in [1.807, 2.05) is 24.3 Å². The predicted octanol–water partition coefficient (Wildman–Crippen LogP) is 1.89. The Morgan fingerprint density at radius 2 is 1.80 bits per heavy atom. The Morgan fingerprint density at radius 3 is 2.45 bits per heavy atom. The molecule has 0 atom stereocenters. The van der Waals surface area contributed by atoms with Gasteiger partial charge in [0.1, 0.15) is 5.75 Å². The molecule has 8 heteroatoms. The van der Waals surface area contributed by atoms with Crippen LogP contribution in [0.25, 0.3) is 17.3 Å². The predicted molar refractivity (Wildman–Crippen MR) is 74.4 cm³/mol. The molecule has 0 saturated carbocycles. The number of aromatic nitrogens is 6. The van der Waals surface area contributed by atoms with Gasteiger partial charge in [-0.05, 0) is 50.6 Å². The van der Waals surface area contributed by atoms with Crippen LogP contribution in [-0.2, 0) is 0 Å². The molecule has 20 heavy (non-hydrogen) atoms. The number of rotatable bonds is 3. The van der Waals surface area contributed by atoms with Crippen LogP contribution in [0.15, 0.2) is 41.1 Å². The van der Waals surface area contributed by atoms with Gasteiger partial charge in [-0.1, -0.05) is 0 Å². The van der Waals surface area contributed by atoms with Crippen LogP contribution in [0.5, 0.6) is 5.75 Å². The number of ether oxygens (including phenoxy) is 1. The third-order valence-electron chi connectivity index (χ3n) is 2.61. The van der Waals surface area contributed by atoms with E-state index in [4.69, 9.17) is 4.74 Å². The van der Waals surface area contributed by atoms with Gasteiger partial charge in [0.25, 0.3) is 5.95 Å². The highest BCUT2D eigenvalue weighted by Gasteiger charge is 2.12. The molecule has 1 aromatic carbocycles. The lowest BCUT2D eigenvalue weighted by Crippen LogP contribution is -2.04. The molecule has 0 bridgehead atoms. The average molecular weight is 333 g/mol. The smallest absolute Gasteiger partial charge is 0.254 e. The Bertz CT molecular complexity index is 710. The van der Waals surface area contributed by atoms with Crippen molar-refractivity contribution in [1.29, 1.82) is 0 Å². The number of hydrogen-bond donors (Lipinski definition) is 0. The summed E-state index contributed by atoms with van der Waals surface area (Å²) < 4.78 is 7.40. The highest BCUT2D eigenvalue weighted by atomic mass is 79.9. The minimum atomic E-state index is 0.406. The zero-order valence-electron chi connectivity index (χ0n) is 10.4. The first-order valence-electron chi connectivity index (χ1n) is 5.68. The number of methoxy groups -OCH3 is 1. The summed E-state index contributed by atoms with van der Waals surface area (Å²) in [5.74, 6) is 1.74. The van der Waals surface area contributed by atoms with Gasteiger partial charge in [0.15, 0.2) is 5.82 Å². The molecule has 0 aliphatic heterocycles. The largest absolute Gasteiger partial charge is 0.497 e. The van der Waals surface area contributed by atoms with Crippen LogP contribution in [0.3, 0.4) is 0 Å². The molecule has 0 fully saturated rings. The Morgan fingerprint density at radius 1 is 1.10 bits per heavy atom. The Kier molecular flexibility index (Phi) is 3.38. The van der Waals surface area contributed by atoms with Gasteiger partial charge in [0.2, 0.25) is 0 Å². The first-order chi connectivity index (χ1) is 9.78. The van der Waals surface area contributed by atoms with Crippen molar-refractivity contribution in [2.24, 2.45) is 0 Å². The SMILES string of the molecule is COc1ccc(-c2nnnn2-c2ncc(Br)cn2)cc1. The third kappa shape index (κ3) is 2.37. The van der Waals surface area contributed by atoms with Crippen molar-refractivity contribution in [3.05, 3.63) is 41.1 Å². The van der Waals surface area contributed by atoms with Crippen molar-refractivity contribution in [1.82, 2.24) is 30.2 Å². The number of hydrogen-bond acceptors (Lipinski definition) is 6. The van der Waals surface area contributed by atoms with Crippen LogP contribution in [0.4, 0.5) is 0 Å². The summed E-state index contributed by atoms with van der Waals surface area (Å²) >= 11 is 3.29. The number of halogens is 1. The molecule has 3 aromatic rings. The maximum atomic E-state index is 5.13. The van der Waals surface area contributed by atoms with Gasteiger partial charge in [0.05, 0.1) is 11.6 Å². The highest BCUT2D eigenvalue weighted by molar-refractivity contribution is 9.10. The minimum absolute atomic E-state index is 0.406. The molecule has 0 saturated heterocycles. The molecule has 0 aliphatic carbocycles. The highest BCUT2D eigenvalue weighted by Crippen LogP contribution is 2.21. The fourth-order valence-electron chi connectivity index (χ4n) is 1.66. The molecule has 0 aliphatic rings. The van der Waals surface area contributed by atoms with Gasteiger partial charge in [-0.3, -0.25) is 0 Å². The van der Waals surface area contributed by atoms with E-state index in [0.29, 0.717) is 11.8 Å². The summed E-state index contributed by atoms with van der Waals surface area (Å²) in [6, 6.07) is 7.44. The molecular weight excluding hydrogens is 324 g/mol. The van der Waals surface area contributed by atoms with Crippen LogP contribution >= 0.6 is 15.9 Å². The molecule has 7 nitrogen and oxygen atoms in total. The molecule has 0 unspecified atom stereocenters. The lowest BCUT2D eigenvalue weighted by molar-refractivity contribution is 0.415. The molecule has 3 rings (SSSR count). The number of benzene rings is 1. The Hall–Kier alpha value is -2.35. The van der Waals surface area contributed by atoms with Gasteiger partial charge in [-0.25, -0.2) is 9.97 Å². The van der Waals surface area contributed by atoms with Crippen molar-refractivity contribution >= 4 is 15.9 Å².